The van der Waals surface area contributed by atoms with E-state index in [-0.39, 0.29) is 19.0 Å². The van der Waals surface area contributed by atoms with Gasteiger partial charge in [0.15, 0.2) is 6.29 Å². The fourth-order valence-corrected chi connectivity index (χ4v) is 1.87. The van der Waals surface area contributed by atoms with Crippen molar-refractivity contribution >= 4 is 6.09 Å². The second kappa shape index (κ2) is 7.67. The van der Waals surface area contributed by atoms with Gasteiger partial charge in [-0.15, -0.1) is 0 Å². The molecule has 0 bridgehead atoms. The minimum atomic E-state index is -0.444. The summed E-state index contributed by atoms with van der Waals surface area (Å²) in [6, 6.07) is 9.55. The van der Waals surface area contributed by atoms with E-state index >= 15 is 0 Å². The number of benzene rings is 1. The van der Waals surface area contributed by atoms with E-state index in [9.17, 15) is 4.79 Å². The molecular weight excluding hydrogens is 258 g/mol. The summed E-state index contributed by atoms with van der Waals surface area (Å²) in [5.41, 5.74) is 0.957. The number of ether oxygens (including phenoxy) is 3. The smallest absolute Gasteiger partial charge is 0.407 e. The van der Waals surface area contributed by atoms with E-state index in [4.69, 9.17) is 14.2 Å². The van der Waals surface area contributed by atoms with Crippen LogP contribution in [0.3, 0.4) is 0 Å². The Hall–Kier alpha value is -1.85. The molecule has 5 heteroatoms. The van der Waals surface area contributed by atoms with Gasteiger partial charge in [0, 0.05) is 13.7 Å². The molecule has 0 aliphatic carbocycles. The lowest BCUT2D eigenvalue weighted by atomic mass is 10.2. The largest absolute Gasteiger partial charge is 0.445 e. The summed E-state index contributed by atoms with van der Waals surface area (Å²) >= 11 is 0. The number of hydrogen-bond donors (Lipinski definition) is 1. The second-order valence-corrected chi connectivity index (χ2v) is 4.47. The number of methoxy groups -OCH3 is 1. The number of carbonyl (C=O) groups is 1. The summed E-state index contributed by atoms with van der Waals surface area (Å²) in [5.74, 6) is 0. The first kappa shape index (κ1) is 14.6. The second-order valence-electron chi connectivity index (χ2n) is 4.47. The predicted molar refractivity (Wildman–Crippen MR) is 74.1 cm³/mol. The predicted octanol–water partition coefficient (Wildman–Crippen LogP) is 2.23. The fraction of sp³-hybridized carbons (Fsp3) is 0.400. The van der Waals surface area contributed by atoms with Gasteiger partial charge in [0.25, 0.3) is 0 Å². The van der Waals surface area contributed by atoms with Crippen LogP contribution in [-0.2, 0) is 20.8 Å². The van der Waals surface area contributed by atoms with E-state index in [1.807, 2.05) is 42.5 Å². The Kier molecular flexibility index (Phi) is 5.58. The number of hydrogen-bond acceptors (Lipinski definition) is 4. The monoisotopic (exact) mass is 277 g/mol. The molecule has 0 saturated carbocycles. The van der Waals surface area contributed by atoms with Gasteiger partial charge in [0.05, 0.1) is 6.10 Å². The molecule has 0 radical (unpaired) electrons. The molecule has 5 nitrogen and oxygen atoms in total. The molecule has 1 aromatic rings. The average molecular weight is 277 g/mol. The minimum absolute atomic E-state index is 0.0887. The van der Waals surface area contributed by atoms with Crippen LogP contribution in [0.2, 0.25) is 0 Å². The Bertz CT molecular complexity index is 446. The lowest BCUT2D eigenvalue weighted by molar-refractivity contribution is -0.129. The van der Waals surface area contributed by atoms with Crippen LogP contribution >= 0.6 is 0 Å². The first-order valence-electron chi connectivity index (χ1n) is 6.57. The number of amides is 1. The van der Waals surface area contributed by atoms with Gasteiger partial charge in [-0.25, -0.2) is 4.79 Å². The zero-order chi connectivity index (χ0) is 14.2. The molecule has 1 aliphatic rings. The standard InChI is InChI=1S/C15H19NO4/c1-18-14-9-5-8-13(20-14)10-16-15(17)19-11-12-6-3-2-4-7-12/h2-7,9,13-14H,8,10-11H2,1H3,(H,16,17). The summed E-state index contributed by atoms with van der Waals surface area (Å²) in [5, 5.41) is 2.69. The fourth-order valence-electron chi connectivity index (χ4n) is 1.87. The number of nitrogens with one attached hydrogen (secondary N) is 1. The maximum absolute atomic E-state index is 11.6. The Morgan fingerprint density at radius 3 is 2.95 bits per heavy atom. The Morgan fingerprint density at radius 1 is 1.40 bits per heavy atom. The normalized spacial score (nSPS) is 21.4. The van der Waals surface area contributed by atoms with Crippen molar-refractivity contribution in [2.75, 3.05) is 13.7 Å². The number of carbonyl (C=O) groups excluding carboxylic acids is 1. The zero-order valence-corrected chi connectivity index (χ0v) is 11.5. The van der Waals surface area contributed by atoms with E-state index in [0.717, 1.165) is 12.0 Å². The highest BCUT2D eigenvalue weighted by Gasteiger charge is 2.18. The van der Waals surface area contributed by atoms with Gasteiger partial charge >= 0.3 is 6.09 Å². The van der Waals surface area contributed by atoms with Crippen molar-refractivity contribution in [3.05, 3.63) is 48.0 Å². The van der Waals surface area contributed by atoms with E-state index < -0.39 is 6.09 Å². The van der Waals surface area contributed by atoms with Crippen LogP contribution in [0.1, 0.15) is 12.0 Å². The molecule has 0 aromatic heterocycles. The third-order valence-electron chi connectivity index (χ3n) is 2.94. The average Bonchev–Trinajstić information content (AvgIpc) is 2.52. The molecule has 1 aliphatic heterocycles. The number of rotatable bonds is 5. The van der Waals surface area contributed by atoms with Gasteiger partial charge in [-0.1, -0.05) is 36.4 Å². The summed E-state index contributed by atoms with van der Waals surface area (Å²) < 4.78 is 15.8. The molecule has 2 atom stereocenters. The molecule has 20 heavy (non-hydrogen) atoms. The molecule has 2 rings (SSSR count). The molecular formula is C15H19NO4. The van der Waals surface area contributed by atoms with Crippen LogP contribution in [-0.4, -0.2) is 32.1 Å². The van der Waals surface area contributed by atoms with Crippen LogP contribution in [0.5, 0.6) is 0 Å². The number of alkyl carbamates (subject to hydrolysis) is 1. The van der Waals surface area contributed by atoms with E-state index in [1.54, 1.807) is 7.11 Å². The SMILES string of the molecule is COC1C=CCC(CNC(=O)OCc2ccccc2)O1. The van der Waals surface area contributed by atoms with Gasteiger partial charge in [0.1, 0.15) is 6.61 Å². The molecule has 1 aromatic carbocycles. The first-order chi connectivity index (χ1) is 9.78. The highest BCUT2D eigenvalue weighted by atomic mass is 16.7. The zero-order valence-electron chi connectivity index (χ0n) is 11.5. The maximum Gasteiger partial charge on any atom is 0.407 e. The van der Waals surface area contributed by atoms with Crippen molar-refractivity contribution in [3.63, 3.8) is 0 Å². The van der Waals surface area contributed by atoms with Crippen molar-refractivity contribution in [2.24, 2.45) is 0 Å². The van der Waals surface area contributed by atoms with Gasteiger partial charge in [-0.05, 0) is 18.1 Å². The van der Waals surface area contributed by atoms with Crippen molar-refractivity contribution < 1.29 is 19.0 Å². The van der Waals surface area contributed by atoms with Crippen molar-refractivity contribution in [2.45, 2.75) is 25.4 Å². The first-order valence-corrected chi connectivity index (χ1v) is 6.57. The maximum atomic E-state index is 11.6. The molecule has 108 valence electrons. The summed E-state index contributed by atoms with van der Waals surface area (Å²) in [7, 11) is 1.58. The Labute approximate surface area is 118 Å². The molecule has 0 spiro atoms. The molecule has 2 unspecified atom stereocenters. The van der Waals surface area contributed by atoms with Crippen LogP contribution < -0.4 is 5.32 Å². The molecule has 0 saturated heterocycles. The summed E-state index contributed by atoms with van der Waals surface area (Å²) in [6.07, 6.45) is 3.72. The van der Waals surface area contributed by atoms with Gasteiger partial charge in [-0.3, -0.25) is 0 Å². The lowest BCUT2D eigenvalue weighted by Gasteiger charge is -2.24. The van der Waals surface area contributed by atoms with Crippen LogP contribution in [0, 0.1) is 0 Å². The molecule has 0 fully saturated rings. The van der Waals surface area contributed by atoms with Crippen molar-refractivity contribution in [1.29, 1.82) is 0 Å². The van der Waals surface area contributed by atoms with Crippen LogP contribution in [0.15, 0.2) is 42.5 Å². The third-order valence-corrected chi connectivity index (χ3v) is 2.94. The summed E-state index contributed by atoms with van der Waals surface area (Å²) in [6.45, 7) is 0.663. The van der Waals surface area contributed by atoms with Gasteiger partial charge in [0.2, 0.25) is 0 Å². The summed E-state index contributed by atoms with van der Waals surface area (Å²) in [4.78, 5) is 11.6. The van der Waals surface area contributed by atoms with Gasteiger partial charge < -0.3 is 19.5 Å². The highest BCUT2D eigenvalue weighted by molar-refractivity contribution is 5.67. The highest BCUT2D eigenvalue weighted by Crippen LogP contribution is 2.12. The molecule has 1 N–H and O–H groups in total. The van der Waals surface area contributed by atoms with Crippen molar-refractivity contribution in [3.8, 4) is 0 Å². The van der Waals surface area contributed by atoms with Gasteiger partial charge in [-0.2, -0.15) is 0 Å². The van der Waals surface area contributed by atoms with E-state index in [0.29, 0.717) is 6.54 Å². The van der Waals surface area contributed by atoms with E-state index in [1.165, 1.54) is 0 Å². The molecule has 1 heterocycles. The quantitative estimate of drug-likeness (QED) is 0.839. The van der Waals surface area contributed by atoms with Crippen LogP contribution in [0.25, 0.3) is 0 Å². The van der Waals surface area contributed by atoms with Crippen molar-refractivity contribution in [1.82, 2.24) is 5.32 Å². The molecule has 1 amide bonds. The topological polar surface area (TPSA) is 56.8 Å². The van der Waals surface area contributed by atoms with Crippen LogP contribution in [0.4, 0.5) is 4.79 Å². The third kappa shape index (κ3) is 4.68. The minimum Gasteiger partial charge on any atom is -0.445 e. The lowest BCUT2D eigenvalue weighted by Crippen LogP contribution is -2.37. The Balaban J connectivity index is 1.66. The Morgan fingerprint density at radius 2 is 2.20 bits per heavy atom. The van der Waals surface area contributed by atoms with E-state index in [2.05, 4.69) is 5.32 Å².